The molecule has 0 aliphatic heterocycles. The van der Waals surface area contributed by atoms with Gasteiger partial charge in [-0.1, -0.05) is 29.8 Å². The molecule has 2 rings (SSSR count). The van der Waals surface area contributed by atoms with Crippen LogP contribution in [0, 0.1) is 12.7 Å². The third-order valence-corrected chi connectivity index (χ3v) is 2.96. The first-order valence-electron chi connectivity index (χ1n) is 6.97. The minimum atomic E-state index is -0.454. The molecule has 23 heavy (non-hydrogen) atoms. The fourth-order valence-electron chi connectivity index (χ4n) is 1.82. The number of nitrogens with one attached hydrogen (secondary N) is 2. The molecule has 6 heteroatoms. The fourth-order valence-corrected chi connectivity index (χ4v) is 1.82. The van der Waals surface area contributed by atoms with Gasteiger partial charge in [0.25, 0.3) is 11.8 Å². The van der Waals surface area contributed by atoms with Gasteiger partial charge in [-0.25, -0.2) is 9.82 Å². The van der Waals surface area contributed by atoms with Crippen LogP contribution in [0.4, 0.5) is 4.39 Å². The van der Waals surface area contributed by atoms with Crippen molar-refractivity contribution >= 4 is 18.0 Å². The molecule has 0 bridgehead atoms. The van der Waals surface area contributed by atoms with Crippen molar-refractivity contribution in [1.29, 1.82) is 0 Å². The van der Waals surface area contributed by atoms with Crippen LogP contribution in [-0.2, 0) is 4.79 Å². The lowest BCUT2D eigenvalue weighted by molar-refractivity contribution is -0.120. The summed E-state index contributed by atoms with van der Waals surface area (Å²) in [5, 5.41) is 6.25. The SMILES string of the molecule is Cc1cccc(C(=O)NCC(=O)N/N=C\c2ccc(F)cc2)c1. The maximum Gasteiger partial charge on any atom is 0.259 e. The number of halogens is 1. The van der Waals surface area contributed by atoms with Gasteiger partial charge in [0.2, 0.25) is 0 Å². The van der Waals surface area contributed by atoms with Crippen LogP contribution in [-0.4, -0.2) is 24.6 Å². The number of hydrazone groups is 1. The minimum absolute atomic E-state index is 0.187. The molecule has 0 atom stereocenters. The van der Waals surface area contributed by atoms with Crippen molar-refractivity contribution in [3.05, 3.63) is 71.0 Å². The highest BCUT2D eigenvalue weighted by atomic mass is 19.1. The van der Waals surface area contributed by atoms with Gasteiger partial charge in [-0.3, -0.25) is 9.59 Å². The summed E-state index contributed by atoms with van der Waals surface area (Å²) >= 11 is 0. The molecule has 118 valence electrons. The molecule has 0 radical (unpaired) electrons. The highest BCUT2D eigenvalue weighted by Gasteiger charge is 2.07. The molecule has 2 N–H and O–H groups in total. The van der Waals surface area contributed by atoms with Gasteiger partial charge in [0.05, 0.1) is 12.8 Å². The highest BCUT2D eigenvalue weighted by Crippen LogP contribution is 2.03. The Hall–Kier alpha value is -3.02. The molecular formula is C17H16FN3O2. The maximum absolute atomic E-state index is 12.7. The lowest BCUT2D eigenvalue weighted by Crippen LogP contribution is -2.34. The van der Waals surface area contributed by atoms with Gasteiger partial charge < -0.3 is 5.32 Å². The second-order valence-electron chi connectivity index (χ2n) is 4.90. The zero-order valence-corrected chi connectivity index (χ0v) is 12.5. The number of nitrogens with zero attached hydrogens (tertiary/aromatic N) is 1. The molecule has 0 spiro atoms. The van der Waals surface area contributed by atoms with Crippen LogP contribution in [0.15, 0.2) is 53.6 Å². The van der Waals surface area contributed by atoms with E-state index >= 15 is 0 Å². The van der Waals surface area contributed by atoms with Crippen LogP contribution in [0.3, 0.4) is 0 Å². The predicted octanol–water partition coefficient (Wildman–Crippen LogP) is 2.01. The monoisotopic (exact) mass is 313 g/mol. The Labute approximate surface area is 133 Å². The van der Waals surface area contributed by atoms with E-state index in [1.807, 2.05) is 13.0 Å². The van der Waals surface area contributed by atoms with E-state index in [0.29, 0.717) is 11.1 Å². The smallest absolute Gasteiger partial charge is 0.259 e. The van der Waals surface area contributed by atoms with Gasteiger partial charge in [0.1, 0.15) is 5.82 Å². The number of benzene rings is 2. The van der Waals surface area contributed by atoms with E-state index in [1.54, 1.807) is 18.2 Å². The number of amides is 2. The lowest BCUT2D eigenvalue weighted by Gasteiger charge is -2.04. The molecule has 2 amide bonds. The van der Waals surface area contributed by atoms with Crippen molar-refractivity contribution in [3.63, 3.8) is 0 Å². The Balaban J connectivity index is 1.78. The Morgan fingerprint density at radius 1 is 1.17 bits per heavy atom. The second kappa shape index (κ2) is 7.84. The molecule has 0 aromatic heterocycles. The van der Waals surface area contributed by atoms with Gasteiger partial charge >= 0.3 is 0 Å². The average molecular weight is 313 g/mol. The van der Waals surface area contributed by atoms with Crippen molar-refractivity contribution in [2.75, 3.05) is 6.54 Å². The van der Waals surface area contributed by atoms with Gasteiger partial charge in [0, 0.05) is 5.56 Å². The number of hydrogen-bond donors (Lipinski definition) is 2. The molecule has 0 aliphatic rings. The standard InChI is InChI=1S/C17H16FN3O2/c1-12-3-2-4-14(9-12)17(23)19-11-16(22)21-20-10-13-5-7-15(18)8-6-13/h2-10H,11H2,1H3,(H,19,23)(H,21,22)/b20-10-. The summed E-state index contributed by atoms with van der Waals surface area (Å²) < 4.78 is 12.7. The number of carbonyl (C=O) groups excluding carboxylic acids is 2. The molecule has 2 aromatic rings. The molecule has 0 saturated heterocycles. The van der Waals surface area contributed by atoms with Crippen LogP contribution in [0.5, 0.6) is 0 Å². The topological polar surface area (TPSA) is 70.6 Å². The van der Waals surface area contributed by atoms with Crippen molar-refractivity contribution in [1.82, 2.24) is 10.7 Å². The summed E-state index contributed by atoms with van der Waals surface area (Å²) in [5.74, 6) is -1.12. The van der Waals surface area contributed by atoms with E-state index in [4.69, 9.17) is 0 Å². The summed E-state index contributed by atoms with van der Waals surface area (Å²) in [4.78, 5) is 23.5. The number of carbonyl (C=O) groups is 2. The van der Waals surface area contributed by atoms with Crippen LogP contribution in [0.1, 0.15) is 21.5 Å². The number of aryl methyl sites for hydroxylation is 1. The Bertz CT molecular complexity index is 727. The normalized spacial score (nSPS) is 10.5. The molecule has 0 saturated carbocycles. The zero-order valence-electron chi connectivity index (χ0n) is 12.5. The van der Waals surface area contributed by atoms with Crippen molar-refractivity contribution in [3.8, 4) is 0 Å². The molecule has 0 fully saturated rings. The molecular weight excluding hydrogens is 297 g/mol. The van der Waals surface area contributed by atoms with Crippen LogP contribution < -0.4 is 10.7 Å². The van der Waals surface area contributed by atoms with Crippen LogP contribution in [0.25, 0.3) is 0 Å². The summed E-state index contributed by atoms with van der Waals surface area (Å²) in [6.07, 6.45) is 1.39. The van der Waals surface area contributed by atoms with Gasteiger partial charge in [-0.15, -0.1) is 0 Å². The third-order valence-electron chi connectivity index (χ3n) is 2.96. The first-order chi connectivity index (χ1) is 11.0. The Morgan fingerprint density at radius 3 is 2.61 bits per heavy atom. The second-order valence-corrected chi connectivity index (χ2v) is 4.90. The van der Waals surface area contributed by atoms with E-state index < -0.39 is 5.91 Å². The summed E-state index contributed by atoms with van der Waals surface area (Å²) in [6.45, 7) is 1.70. The molecule has 2 aromatic carbocycles. The largest absolute Gasteiger partial charge is 0.343 e. The quantitative estimate of drug-likeness (QED) is 0.655. The highest BCUT2D eigenvalue weighted by molar-refractivity contribution is 5.96. The average Bonchev–Trinajstić information content (AvgIpc) is 2.54. The van der Waals surface area contributed by atoms with Crippen molar-refractivity contribution in [2.24, 2.45) is 5.10 Å². The third kappa shape index (κ3) is 5.35. The zero-order chi connectivity index (χ0) is 16.7. The van der Waals surface area contributed by atoms with E-state index in [-0.39, 0.29) is 18.3 Å². The van der Waals surface area contributed by atoms with E-state index in [2.05, 4.69) is 15.8 Å². The van der Waals surface area contributed by atoms with E-state index in [1.165, 1.54) is 30.5 Å². The van der Waals surface area contributed by atoms with E-state index in [0.717, 1.165) is 5.56 Å². The first-order valence-corrected chi connectivity index (χ1v) is 6.97. The Kier molecular flexibility index (Phi) is 5.57. The lowest BCUT2D eigenvalue weighted by atomic mass is 10.1. The summed E-state index contributed by atoms with van der Waals surface area (Å²) in [5.41, 5.74) is 4.39. The maximum atomic E-state index is 12.7. The molecule has 0 unspecified atom stereocenters. The summed E-state index contributed by atoms with van der Waals surface area (Å²) in [6, 6.07) is 12.7. The first kappa shape index (κ1) is 16.4. The van der Waals surface area contributed by atoms with E-state index in [9.17, 15) is 14.0 Å². The molecule has 0 heterocycles. The van der Waals surface area contributed by atoms with Crippen molar-refractivity contribution in [2.45, 2.75) is 6.92 Å². The van der Waals surface area contributed by atoms with Gasteiger partial charge in [-0.2, -0.15) is 5.10 Å². The van der Waals surface area contributed by atoms with Crippen LogP contribution >= 0.6 is 0 Å². The Morgan fingerprint density at radius 2 is 1.91 bits per heavy atom. The van der Waals surface area contributed by atoms with Crippen molar-refractivity contribution < 1.29 is 14.0 Å². The van der Waals surface area contributed by atoms with Gasteiger partial charge in [-0.05, 0) is 36.8 Å². The minimum Gasteiger partial charge on any atom is -0.343 e. The van der Waals surface area contributed by atoms with Gasteiger partial charge in [0.15, 0.2) is 0 Å². The molecule has 0 aliphatic carbocycles. The summed E-state index contributed by atoms with van der Waals surface area (Å²) in [7, 11) is 0. The number of hydrogen-bond acceptors (Lipinski definition) is 3. The van der Waals surface area contributed by atoms with Crippen LogP contribution in [0.2, 0.25) is 0 Å². The fraction of sp³-hybridized carbons (Fsp3) is 0.118. The number of rotatable bonds is 5. The predicted molar refractivity (Wildman–Crippen MR) is 85.6 cm³/mol. The molecule has 5 nitrogen and oxygen atoms in total.